The molecule has 4 rings (SSSR count). The molecule has 1 amide bonds. The molecule has 0 spiro atoms. The third-order valence-electron chi connectivity index (χ3n) is 4.98. The first-order valence-electron chi connectivity index (χ1n) is 9.75. The van der Waals surface area contributed by atoms with Crippen LogP contribution in [0.1, 0.15) is 16.8 Å². The van der Waals surface area contributed by atoms with Gasteiger partial charge in [-0.05, 0) is 36.8 Å². The van der Waals surface area contributed by atoms with Gasteiger partial charge in [0.05, 0.1) is 10.6 Å². The van der Waals surface area contributed by atoms with Crippen molar-refractivity contribution in [1.29, 1.82) is 0 Å². The van der Waals surface area contributed by atoms with E-state index in [0.29, 0.717) is 19.6 Å². The van der Waals surface area contributed by atoms with Gasteiger partial charge in [0, 0.05) is 43.3 Å². The lowest BCUT2D eigenvalue weighted by atomic mass is 10.2. The van der Waals surface area contributed by atoms with E-state index >= 15 is 0 Å². The monoisotopic (exact) mass is 460 g/mol. The topological polar surface area (TPSA) is 82.6 Å². The standard InChI is InChI=1S/C21H21FN4O3S2/c22-18-7-1-2-8-19(18)24-31(28,29)17-6-3-5-16(15-17)20(27)25-10-4-11-26(13-12-25)21-23-9-14-30-21/h1-3,5-9,14-15,24H,4,10-13H2. The predicted molar refractivity (Wildman–Crippen MR) is 118 cm³/mol. The van der Waals surface area contributed by atoms with Crippen molar-refractivity contribution in [2.75, 3.05) is 35.8 Å². The van der Waals surface area contributed by atoms with Crippen molar-refractivity contribution in [2.24, 2.45) is 0 Å². The van der Waals surface area contributed by atoms with Gasteiger partial charge in [-0.15, -0.1) is 11.3 Å². The molecule has 10 heteroatoms. The molecular formula is C21H21FN4O3S2. The van der Waals surface area contributed by atoms with E-state index < -0.39 is 15.8 Å². The van der Waals surface area contributed by atoms with Crippen molar-refractivity contribution in [1.82, 2.24) is 9.88 Å². The Labute approximate surface area is 184 Å². The van der Waals surface area contributed by atoms with Gasteiger partial charge in [-0.3, -0.25) is 9.52 Å². The Kier molecular flexibility index (Phi) is 6.19. The number of amides is 1. The van der Waals surface area contributed by atoms with Crippen LogP contribution in [0.2, 0.25) is 0 Å². The number of nitrogens with one attached hydrogen (secondary N) is 1. The zero-order valence-corrected chi connectivity index (χ0v) is 18.2. The summed E-state index contributed by atoms with van der Waals surface area (Å²) >= 11 is 1.56. The van der Waals surface area contributed by atoms with E-state index in [1.165, 1.54) is 42.5 Å². The summed E-state index contributed by atoms with van der Waals surface area (Å²) in [7, 11) is -4.04. The third-order valence-corrected chi connectivity index (χ3v) is 7.18. The minimum absolute atomic E-state index is 0.0964. The Hall–Kier alpha value is -2.98. The normalized spacial score (nSPS) is 14.9. The number of thiazole rings is 1. The fourth-order valence-electron chi connectivity index (χ4n) is 3.41. The van der Waals surface area contributed by atoms with Crippen LogP contribution < -0.4 is 9.62 Å². The average molecular weight is 461 g/mol. The second kappa shape index (κ2) is 9.03. The maximum Gasteiger partial charge on any atom is 0.262 e. The number of hydrogen-bond donors (Lipinski definition) is 1. The third kappa shape index (κ3) is 4.86. The van der Waals surface area contributed by atoms with Gasteiger partial charge in [-0.2, -0.15) is 0 Å². The molecule has 1 saturated heterocycles. The molecule has 1 N–H and O–H groups in total. The lowest BCUT2D eigenvalue weighted by molar-refractivity contribution is 0.0767. The Morgan fingerprint density at radius 3 is 2.68 bits per heavy atom. The number of halogens is 1. The summed E-state index contributed by atoms with van der Waals surface area (Å²) in [6.07, 6.45) is 2.55. The van der Waals surface area contributed by atoms with E-state index in [2.05, 4.69) is 14.6 Å². The van der Waals surface area contributed by atoms with Gasteiger partial charge in [0.1, 0.15) is 5.82 Å². The Morgan fingerprint density at radius 2 is 1.90 bits per heavy atom. The maximum absolute atomic E-state index is 13.9. The maximum atomic E-state index is 13.9. The van der Waals surface area contributed by atoms with Crippen LogP contribution in [0.4, 0.5) is 15.2 Å². The second-order valence-corrected chi connectivity index (χ2v) is 9.62. The molecule has 1 aliphatic heterocycles. The van der Waals surface area contributed by atoms with Crippen LogP contribution in [0.3, 0.4) is 0 Å². The highest BCUT2D eigenvalue weighted by Gasteiger charge is 2.23. The number of para-hydroxylation sites is 1. The molecule has 2 aromatic carbocycles. The summed E-state index contributed by atoms with van der Waals surface area (Å²) in [5, 5.41) is 2.85. The molecule has 0 aliphatic carbocycles. The molecule has 0 radical (unpaired) electrons. The quantitative estimate of drug-likeness (QED) is 0.631. The van der Waals surface area contributed by atoms with Crippen molar-refractivity contribution in [3.8, 4) is 0 Å². The zero-order chi connectivity index (χ0) is 21.8. The van der Waals surface area contributed by atoms with E-state index in [0.717, 1.165) is 18.1 Å². The summed E-state index contributed by atoms with van der Waals surface area (Å²) in [5.74, 6) is -0.906. The van der Waals surface area contributed by atoms with Gasteiger partial charge in [0.15, 0.2) is 5.13 Å². The van der Waals surface area contributed by atoms with Crippen LogP contribution in [0, 0.1) is 5.82 Å². The van der Waals surface area contributed by atoms with Gasteiger partial charge in [0.2, 0.25) is 0 Å². The number of rotatable bonds is 5. The van der Waals surface area contributed by atoms with E-state index in [1.807, 2.05) is 5.38 Å². The fraction of sp³-hybridized carbons (Fsp3) is 0.238. The van der Waals surface area contributed by atoms with Crippen LogP contribution in [0.5, 0.6) is 0 Å². The van der Waals surface area contributed by atoms with Crippen LogP contribution in [-0.2, 0) is 10.0 Å². The minimum atomic E-state index is -4.04. The molecule has 0 atom stereocenters. The first-order valence-corrected chi connectivity index (χ1v) is 12.1. The first-order chi connectivity index (χ1) is 14.9. The number of carbonyl (C=O) groups is 1. The number of nitrogens with zero attached hydrogens (tertiary/aromatic N) is 3. The summed E-state index contributed by atoms with van der Waals surface area (Å²) in [6.45, 7) is 2.55. The van der Waals surface area contributed by atoms with E-state index in [-0.39, 0.29) is 22.1 Å². The Morgan fingerprint density at radius 1 is 1.06 bits per heavy atom. The molecule has 7 nitrogen and oxygen atoms in total. The molecule has 0 saturated carbocycles. The van der Waals surface area contributed by atoms with Crippen LogP contribution in [-0.4, -0.2) is 50.4 Å². The van der Waals surface area contributed by atoms with Crippen LogP contribution in [0.15, 0.2) is 65.0 Å². The average Bonchev–Trinajstić information content (AvgIpc) is 3.19. The van der Waals surface area contributed by atoms with Crippen LogP contribution in [0.25, 0.3) is 0 Å². The lowest BCUT2D eigenvalue weighted by Gasteiger charge is -2.22. The molecule has 2 heterocycles. The van der Waals surface area contributed by atoms with Gasteiger partial charge in [-0.25, -0.2) is 17.8 Å². The highest BCUT2D eigenvalue weighted by molar-refractivity contribution is 7.92. The number of anilines is 2. The Balaban J connectivity index is 1.50. The van der Waals surface area contributed by atoms with E-state index in [1.54, 1.807) is 28.5 Å². The summed E-state index contributed by atoms with van der Waals surface area (Å²) in [4.78, 5) is 21.2. The zero-order valence-electron chi connectivity index (χ0n) is 16.6. The van der Waals surface area contributed by atoms with Crippen molar-refractivity contribution < 1.29 is 17.6 Å². The van der Waals surface area contributed by atoms with Crippen LogP contribution >= 0.6 is 11.3 Å². The Bertz CT molecular complexity index is 1170. The van der Waals surface area contributed by atoms with Crippen molar-refractivity contribution in [2.45, 2.75) is 11.3 Å². The highest BCUT2D eigenvalue weighted by Crippen LogP contribution is 2.22. The molecular weight excluding hydrogens is 439 g/mol. The smallest absolute Gasteiger partial charge is 0.262 e. The largest absolute Gasteiger partial charge is 0.346 e. The molecule has 3 aromatic rings. The predicted octanol–water partition coefficient (Wildman–Crippen LogP) is 3.44. The number of carbonyl (C=O) groups excluding carboxylic acids is 1. The minimum Gasteiger partial charge on any atom is -0.346 e. The molecule has 0 unspecified atom stereocenters. The van der Waals surface area contributed by atoms with Crippen molar-refractivity contribution in [3.05, 3.63) is 71.5 Å². The summed E-state index contributed by atoms with van der Waals surface area (Å²) < 4.78 is 41.5. The molecule has 1 aromatic heterocycles. The SMILES string of the molecule is O=C(c1cccc(S(=O)(=O)Nc2ccccc2F)c1)N1CCCN(c2nccs2)CC1. The number of hydrogen-bond acceptors (Lipinski definition) is 6. The molecule has 31 heavy (non-hydrogen) atoms. The van der Waals surface area contributed by atoms with E-state index in [9.17, 15) is 17.6 Å². The number of aromatic nitrogens is 1. The van der Waals surface area contributed by atoms with E-state index in [4.69, 9.17) is 0 Å². The van der Waals surface area contributed by atoms with Crippen molar-refractivity contribution >= 4 is 38.1 Å². The highest BCUT2D eigenvalue weighted by atomic mass is 32.2. The summed E-state index contributed by atoms with van der Waals surface area (Å²) in [6, 6.07) is 11.3. The second-order valence-electron chi connectivity index (χ2n) is 7.06. The molecule has 162 valence electrons. The lowest BCUT2D eigenvalue weighted by Crippen LogP contribution is -2.35. The summed E-state index contributed by atoms with van der Waals surface area (Å²) in [5.41, 5.74) is 0.133. The van der Waals surface area contributed by atoms with Gasteiger partial charge < -0.3 is 9.80 Å². The van der Waals surface area contributed by atoms with Crippen molar-refractivity contribution in [3.63, 3.8) is 0 Å². The van der Waals surface area contributed by atoms with Gasteiger partial charge >= 0.3 is 0 Å². The molecule has 0 bridgehead atoms. The molecule has 1 aliphatic rings. The van der Waals surface area contributed by atoms with Gasteiger partial charge in [0.25, 0.3) is 15.9 Å². The fourth-order valence-corrected chi connectivity index (χ4v) is 5.22. The molecule has 1 fully saturated rings. The van der Waals surface area contributed by atoms with Gasteiger partial charge in [-0.1, -0.05) is 18.2 Å². The number of benzene rings is 2. The number of sulfonamides is 1. The first kappa shape index (κ1) is 21.3.